The number of amides is 1. The summed E-state index contributed by atoms with van der Waals surface area (Å²) in [7, 11) is -3.75. The molecule has 1 unspecified atom stereocenters. The van der Waals surface area contributed by atoms with Crippen molar-refractivity contribution in [2.24, 2.45) is 0 Å². The van der Waals surface area contributed by atoms with Crippen LogP contribution in [0, 0.1) is 0 Å². The number of carbonyl (C=O) groups excluding carboxylic acids is 1. The lowest BCUT2D eigenvalue weighted by Crippen LogP contribution is -2.57. The summed E-state index contributed by atoms with van der Waals surface area (Å²) in [4.78, 5) is 14.5. The highest BCUT2D eigenvalue weighted by Gasteiger charge is 2.39. The van der Waals surface area contributed by atoms with E-state index in [1.165, 1.54) is 28.6 Å². The largest absolute Gasteiger partial charge is 0.310 e. The third-order valence-corrected chi connectivity index (χ3v) is 6.92. The Hall–Kier alpha value is -1.41. The van der Waals surface area contributed by atoms with E-state index in [9.17, 15) is 13.2 Å². The van der Waals surface area contributed by atoms with Gasteiger partial charge in [-0.05, 0) is 55.5 Å². The fraction of sp³-hybridized carbons (Fsp3) is 0.235. The maximum absolute atomic E-state index is 12.8. The van der Waals surface area contributed by atoms with Crippen LogP contribution in [0.5, 0.6) is 0 Å². The van der Waals surface area contributed by atoms with Crippen LogP contribution in [0.25, 0.3) is 0 Å². The number of benzene rings is 2. The van der Waals surface area contributed by atoms with Gasteiger partial charge in [0.05, 0.1) is 4.90 Å². The monoisotopic (exact) mass is 442 g/mol. The topological polar surface area (TPSA) is 57.7 Å². The minimum Gasteiger partial charge on any atom is -0.310 e. The Morgan fingerprint density at radius 1 is 1.04 bits per heavy atom. The molecule has 0 aromatic heterocycles. The predicted octanol–water partition coefficient (Wildman–Crippen LogP) is 3.53. The third-order valence-electron chi connectivity index (χ3n) is 4.16. The Bertz CT molecular complexity index is 885. The predicted molar refractivity (Wildman–Crippen MR) is 101 cm³/mol. The summed E-state index contributed by atoms with van der Waals surface area (Å²) in [5, 5.41) is 0.461. The molecule has 0 N–H and O–H groups in total. The number of halogens is 2. The minimum absolute atomic E-state index is 0.133. The first-order valence-corrected chi connectivity index (χ1v) is 10.3. The molecule has 0 spiro atoms. The van der Waals surface area contributed by atoms with Crippen molar-refractivity contribution in [3.05, 3.63) is 58.0 Å². The van der Waals surface area contributed by atoms with Crippen molar-refractivity contribution in [1.82, 2.24) is 4.31 Å². The van der Waals surface area contributed by atoms with Gasteiger partial charge in [0.25, 0.3) is 0 Å². The molecule has 1 fully saturated rings. The molecular formula is C17H16BrClN2O3S. The summed E-state index contributed by atoms with van der Waals surface area (Å²) in [6, 6.07) is 12.5. The van der Waals surface area contributed by atoms with Crippen molar-refractivity contribution < 1.29 is 13.2 Å². The minimum atomic E-state index is -3.75. The van der Waals surface area contributed by atoms with Crippen molar-refractivity contribution in [2.75, 3.05) is 18.0 Å². The molecular weight excluding hydrogens is 428 g/mol. The summed E-state index contributed by atoms with van der Waals surface area (Å²) in [5.74, 6) is -0.244. The molecule has 5 nitrogen and oxygen atoms in total. The summed E-state index contributed by atoms with van der Waals surface area (Å²) in [6.45, 7) is 2.15. The Kier molecular flexibility index (Phi) is 5.20. The summed E-state index contributed by atoms with van der Waals surface area (Å²) < 4.78 is 27.9. The van der Waals surface area contributed by atoms with E-state index in [4.69, 9.17) is 11.6 Å². The second-order valence-electron chi connectivity index (χ2n) is 5.71. The molecule has 0 radical (unpaired) electrons. The van der Waals surface area contributed by atoms with E-state index < -0.39 is 16.1 Å². The highest BCUT2D eigenvalue weighted by atomic mass is 79.9. The first-order chi connectivity index (χ1) is 11.8. The van der Waals surface area contributed by atoms with Crippen LogP contribution < -0.4 is 4.90 Å². The Balaban J connectivity index is 1.86. The smallest absolute Gasteiger partial charge is 0.245 e. The van der Waals surface area contributed by atoms with Gasteiger partial charge in [0, 0.05) is 28.3 Å². The van der Waals surface area contributed by atoms with Gasteiger partial charge in [0.1, 0.15) is 6.04 Å². The SMILES string of the molecule is CC1C(=O)N(c2ccc(Br)cc2)CCN1S(=O)(=O)c1ccc(Cl)cc1. The molecule has 1 heterocycles. The van der Waals surface area contributed by atoms with Gasteiger partial charge in [-0.2, -0.15) is 4.31 Å². The lowest BCUT2D eigenvalue weighted by molar-refractivity contribution is -0.123. The fourth-order valence-electron chi connectivity index (χ4n) is 2.80. The molecule has 1 atom stereocenters. The van der Waals surface area contributed by atoms with Crippen LogP contribution in [-0.2, 0) is 14.8 Å². The van der Waals surface area contributed by atoms with Crippen LogP contribution in [-0.4, -0.2) is 37.8 Å². The molecule has 1 saturated heterocycles. The zero-order valence-corrected chi connectivity index (χ0v) is 16.6. The third kappa shape index (κ3) is 3.60. The van der Waals surface area contributed by atoms with E-state index in [0.717, 1.165) is 10.2 Å². The average molecular weight is 444 g/mol. The maximum atomic E-state index is 12.8. The molecule has 1 aliphatic heterocycles. The Morgan fingerprint density at radius 2 is 1.64 bits per heavy atom. The van der Waals surface area contributed by atoms with Gasteiger partial charge in [-0.15, -0.1) is 0 Å². The molecule has 3 rings (SSSR count). The average Bonchev–Trinajstić information content (AvgIpc) is 2.58. The van der Waals surface area contributed by atoms with Gasteiger partial charge in [0.2, 0.25) is 15.9 Å². The lowest BCUT2D eigenvalue weighted by atomic mass is 10.2. The van der Waals surface area contributed by atoms with Crippen LogP contribution >= 0.6 is 27.5 Å². The van der Waals surface area contributed by atoms with Crippen molar-refractivity contribution in [3.63, 3.8) is 0 Å². The molecule has 25 heavy (non-hydrogen) atoms. The number of piperazine rings is 1. The van der Waals surface area contributed by atoms with Crippen LogP contribution in [0.3, 0.4) is 0 Å². The summed E-state index contributed by atoms with van der Waals surface area (Å²) in [6.07, 6.45) is 0. The zero-order chi connectivity index (χ0) is 18.2. The zero-order valence-electron chi connectivity index (χ0n) is 13.4. The van der Waals surface area contributed by atoms with E-state index in [2.05, 4.69) is 15.9 Å². The Labute approximate surface area is 160 Å². The van der Waals surface area contributed by atoms with Crippen LogP contribution in [0.2, 0.25) is 5.02 Å². The molecule has 8 heteroatoms. The van der Waals surface area contributed by atoms with Crippen molar-refractivity contribution >= 4 is 49.1 Å². The number of anilines is 1. The fourth-order valence-corrected chi connectivity index (χ4v) is 4.77. The van der Waals surface area contributed by atoms with Gasteiger partial charge >= 0.3 is 0 Å². The number of hydrogen-bond acceptors (Lipinski definition) is 3. The van der Waals surface area contributed by atoms with E-state index in [-0.39, 0.29) is 17.3 Å². The molecule has 0 aliphatic carbocycles. The molecule has 1 amide bonds. The van der Waals surface area contributed by atoms with Gasteiger partial charge in [-0.3, -0.25) is 4.79 Å². The molecule has 2 aromatic carbocycles. The molecule has 2 aromatic rings. The number of hydrogen-bond donors (Lipinski definition) is 0. The van der Waals surface area contributed by atoms with Crippen molar-refractivity contribution in [1.29, 1.82) is 0 Å². The summed E-state index contributed by atoms with van der Waals surface area (Å²) in [5.41, 5.74) is 0.753. The first-order valence-electron chi connectivity index (χ1n) is 7.65. The number of nitrogens with zero attached hydrogens (tertiary/aromatic N) is 2. The van der Waals surface area contributed by atoms with Crippen molar-refractivity contribution in [2.45, 2.75) is 17.9 Å². The van der Waals surface area contributed by atoms with Gasteiger partial charge < -0.3 is 4.90 Å². The highest BCUT2D eigenvalue weighted by molar-refractivity contribution is 9.10. The van der Waals surface area contributed by atoms with E-state index in [1.54, 1.807) is 11.8 Å². The van der Waals surface area contributed by atoms with Crippen molar-refractivity contribution in [3.8, 4) is 0 Å². The Morgan fingerprint density at radius 3 is 2.24 bits per heavy atom. The molecule has 0 saturated carbocycles. The maximum Gasteiger partial charge on any atom is 0.245 e. The van der Waals surface area contributed by atoms with Crippen LogP contribution in [0.4, 0.5) is 5.69 Å². The quantitative estimate of drug-likeness (QED) is 0.729. The van der Waals surface area contributed by atoms with E-state index >= 15 is 0 Å². The van der Waals surface area contributed by atoms with Gasteiger partial charge in [0.15, 0.2) is 0 Å². The standard InChI is InChI=1S/C17H16BrClN2O3S/c1-12-17(22)20(15-6-2-13(18)3-7-15)10-11-21(12)25(23,24)16-8-4-14(19)5-9-16/h2-9,12H,10-11H2,1H3. The number of sulfonamides is 1. The van der Waals surface area contributed by atoms with Crippen LogP contribution in [0.15, 0.2) is 57.9 Å². The number of carbonyl (C=O) groups is 1. The van der Waals surface area contributed by atoms with Gasteiger partial charge in [-0.25, -0.2) is 8.42 Å². The van der Waals surface area contributed by atoms with E-state index in [0.29, 0.717) is 11.6 Å². The van der Waals surface area contributed by atoms with E-state index in [1.807, 2.05) is 24.3 Å². The number of rotatable bonds is 3. The molecule has 132 valence electrons. The lowest BCUT2D eigenvalue weighted by Gasteiger charge is -2.38. The molecule has 0 bridgehead atoms. The second kappa shape index (κ2) is 7.07. The first kappa shape index (κ1) is 18.4. The highest BCUT2D eigenvalue weighted by Crippen LogP contribution is 2.27. The van der Waals surface area contributed by atoms with Gasteiger partial charge in [-0.1, -0.05) is 27.5 Å². The second-order valence-corrected chi connectivity index (χ2v) is 8.95. The normalized spacial score (nSPS) is 19.2. The van der Waals surface area contributed by atoms with Crippen LogP contribution in [0.1, 0.15) is 6.92 Å². The molecule has 1 aliphatic rings. The summed E-state index contributed by atoms with van der Waals surface area (Å²) >= 11 is 9.19.